The molecule has 0 fully saturated rings. The predicted molar refractivity (Wildman–Crippen MR) is 77.1 cm³/mol. The molecule has 0 atom stereocenters. The fourth-order valence-corrected chi connectivity index (χ4v) is 1.79. The Labute approximate surface area is 123 Å². The Hall–Kier alpha value is -2.45. The summed E-state index contributed by atoms with van der Waals surface area (Å²) < 4.78 is 19.4. The zero-order valence-electron chi connectivity index (χ0n) is 11.8. The maximum atomic E-state index is 13.9. The van der Waals surface area contributed by atoms with E-state index in [9.17, 15) is 4.39 Å². The van der Waals surface area contributed by atoms with Gasteiger partial charge in [-0.15, -0.1) is 0 Å². The monoisotopic (exact) mass is 285 g/mol. The van der Waals surface area contributed by atoms with Crippen molar-refractivity contribution in [2.24, 2.45) is 0 Å². The lowest BCUT2D eigenvalue weighted by Crippen LogP contribution is -2.12. The van der Waals surface area contributed by atoms with Crippen LogP contribution in [0, 0.1) is 17.1 Å². The normalized spacial score (nSPS) is 10.1. The van der Waals surface area contributed by atoms with E-state index in [0.29, 0.717) is 17.9 Å². The molecule has 4 nitrogen and oxygen atoms in total. The molecule has 0 aliphatic carbocycles. The Morgan fingerprint density at radius 2 is 2.19 bits per heavy atom. The van der Waals surface area contributed by atoms with Crippen LogP contribution in [0.4, 0.5) is 4.39 Å². The highest BCUT2D eigenvalue weighted by molar-refractivity contribution is 5.35. The number of rotatable bonds is 6. The molecule has 0 bridgehead atoms. The van der Waals surface area contributed by atoms with Crippen LogP contribution in [0.15, 0.2) is 36.5 Å². The number of hydrogen-bond acceptors (Lipinski definition) is 4. The second-order valence-electron chi connectivity index (χ2n) is 4.44. The first-order valence-electron chi connectivity index (χ1n) is 6.70. The molecule has 21 heavy (non-hydrogen) atoms. The second kappa shape index (κ2) is 7.36. The van der Waals surface area contributed by atoms with Crippen molar-refractivity contribution in [3.8, 4) is 11.8 Å². The van der Waals surface area contributed by atoms with Crippen LogP contribution in [0.5, 0.6) is 5.75 Å². The van der Waals surface area contributed by atoms with Gasteiger partial charge in [-0.2, -0.15) is 5.26 Å². The first kappa shape index (κ1) is 14.9. The standard InChI is InChI=1S/C16H16FN3O/c1-2-19-9-14-6-7-15(10-20-14)21-11-13-5-3-4-12(8-18)16(13)17/h3-7,10,19H,2,9,11H2,1H3. The minimum absolute atomic E-state index is 0.0233. The molecule has 1 aromatic heterocycles. The van der Waals surface area contributed by atoms with Crippen molar-refractivity contribution in [1.29, 1.82) is 5.26 Å². The number of ether oxygens (including phenoxy) is 1. The van der Waals surface area contributed by atoms with Gasteiger partial charge in [-0.1, -0.05) is 19.1 Å². The van der Waals surface area contributed by atoms with Crippen LogP contribution in [-0.4, -0.2) is 11.5 Å². The minimum atomic E-state index is -0.531. The highest BCUT2D eigenvalue weighted by atomic mass is 19.1. The number of nitrogens with zero attached hydrogens (tertiary/aromatic N) is 2. The molecule has 108 valence electrons. The maximum Gasteiger partial charge on any atom is 0.147 e. The number of nitrogens with one attached hydrogen (secondary N) is 1. The van der Waals surface area contributed by atoms with Gasteiger partial charge in [-0.3, -0.25) is 4.98 Å². The average molecular weight is 285 g/mol. The summed E-state index contributed by atoms with van der Waals surface area (Å²) in [6.45, 7) is 3.68. The van der Waals surface area contributed by atoms with Crippen molar-refractivity contribution in [1.82, 2.24) is 10.3 Å². The quantitative estimate of drug-likeness (QED) is 0.886. The molecule has 0 saturated heterocycles. The molecule has 5 heteroatoms. The van der Waals surface area contributed by atoms with E-state index < -0.39 is 5.82 Å². The first-order valence-corrected chi connectivity index (χ1v) is 6.70. The molecule has 1 N–H and O–H groups in total. The largest absolute Gasteiger partial charge is 0.487 e. The van der Waals surface area contributed by atoms with Gasteiger partial charge in [-0.25, -0.2) is 4.39 Å². The van der Waals surface area contributed by atoms with E-state index in [2.05, 4.69) is 10.3 Å². The summed E-state index contributed by atoms with van der Waals surface area (Å²) in [4.78, 5) is 4.25. The smallest absolute Gasteiger partial charge is 0.147 e. The fraction of sp³-hybridized carbons (Fsp3) is 0.250. The summed E-state index contributed by atoms with van der Waals surface area (Å²) in [5.74, 6) is 0.0359. The zero-order valence-corrected chi connectivity index (χ0v) is 11.8. The Kier molecular flexibility index (Phi) is 5.24. The Bertz CT molecular complexity index is 635. The van der Waals surface area contributed by atoms with Gasteiger partial charge < -0.3 is 10.1 Å². The molecular formula is C16H16FN3O. The number of pyridine rings is 1. The summed E-state index contributed by atoms with van der Waals surface area (Å²) in [6.07, 6.45) is 1.61. The van der Waals surface area contributed by atoms with Crippen molar-refractivity contribution in [2.45, 2.75) is 20.1 Å². The van der Waals surface area contributed by atoms with Gasteiger partial charge in [0.2, 0.25) is 0 Å². The SMILES string of the molecule is CCNCc1ccc(OCc2cccc(C#N)c2F)cn1. The van der Waals surface area contributed by atoms with Gasteiger partial charge in [0.05, 0.1) is 17.5 Å². The molecule has 0 saturated carbocycles. The summed E-state index contributed by atoms with van der Waals surface area (Å²) >= 11 is 0. The minimum Gasteiger partial charge on any atom is -0.487 e. The highest BCUT2D eigenvalue weighted by Crippen LogP contribution is 2.16. The Morgan fingerprint density at radius 3 is 2.86 bits per heavy atom. The van der Waals surface area contributed by atoms with Crippen LogP contribution in [0.3, 0.4) is 0 Å². The van der Waals surface area contributed by atoms with Crippen LogP contribution < -0.4 is 10.1 Å². The van der Waals surface area contributed by atoms with Crippen LogP contribution in [0.2, 0.25) is 0 Å². The van der Waals surface area contributed by atoms with Gasteiger partial charge in [0.25, 0.3) is 0 Å². The molecule has 2 aromatic rings. The van der Waals surface area contributed by atoms with Crippen molar-refractivity contribution in [3.63, 3.8) is 0 Å². The van der Waals surface area contributed by atoms with Crippen LogP contribution in [0.1, 0.15) is 23.7 Å². The molecule has 2 rings (SSSR count). The van der Waals surface area contributed by atoms with Gasteiger partial charge in [0, 0.05) is 12.1 Å². The number of nitriles is 1. The lowest BCUT2D eigenvalue weighted by Gasteiger charge is -2.08. The third-order valence-corrected chi connectivity index (χ3v) is 2.95. The van der Waals surface area contributed by atoms with E-state index in [1.165, 1.54) is 6.07 Å². The van der Waals surface area contributed by atoms with Crippen molar-refractivity contribution in [3.05, 3.63) is 59.2 Å². The van der Waals surface area contributed by atoms with Crippen LogP contribution in [0.25, 0.3) is 0 Å². The molecular weight excluding hydrogens is 269 g/mol. The van der Waals surface area contributed by atoms with Crippen molar-refractivity contribution < 1.29 is 9.13 Å². The van der Waals surface area contributed by atoms with Crippen LogP contribution in [-0.2, 0) is 13.2 Å². The topological polar surface area (TPSA) is 57.9 Å². The third-order valence-electron chi connectivity index (χ3n) is 2.95. The Morgan fingerprint density at radius 1 is 1.33 bits per heavy atom. The third kappa shape index (κ3) is 4.01. The molecule has 0 spiro atoms. The highest BCUT2D eigenvalue weighted by Gasteiger charge is 2.08. The molecule has 0 unspecified atom stereocenters. The van der Waals surface area contributed by atoms with E-state index in [1.807, 2.05) is 19.1 Å². The molecule has 0 amide bonds. The lowest BCUT2D eigenvalue weighted by atomic mass is 10.1. The summed E-state index contributed by atoms with van der Waals surface area (Å²) in [7, 11) is 0. The number of hydrogen-bond donors (Lipinski definition) is 1. The molecule has 0 aliphatic heterocycles. The van der Waals surface area contributed by atoms with E-state index in [0.717, 1.165) is 12.2 Å². The summed E-state index contributed by atoms with van der Waals surface area (Å²) in [5, 5.41) is 12.0. The molecule has 1 heterocycles. The van der Waals surface area contributed by atoms with E-state index >= 15 is 0 Å². The van der Waals surface area contributed by atoms with Gasteiger partial charge in [-0.05, 0) is 24.7 Å². The Balaban J connectivity index is 1.99. The molecule has 0 radical (unpaired) electrons. The van der Waals surface area contributed by atoms with Gasteiger partial charge in [0.15, 0.2) is 0 Å². The molecule has 1 aromatic carbocycles. The van der Waals surface area contributed by atoms with E-state index in [4.69, 9.17) is 10.00 Å². The first-order chi connectivity index (χ1) is 10.2. The predicted octanol–water partition coefficient (Wildman–Crippen LogP) is 2.78. The van der Waals surface area contributed by atoms with Crippen molar-refractivity contribution in [2.75, 3.05) is 6.54 Å². The second-order valence-corrected chi connectivity index (χ2v) is 4.44. The van der Waals surface area contributed by atoms with E-state index in [-0.39, 0.29) is 12.2 Å². The summed E-state index contributed by atoms with van der Waals surface area (Å²) in [6, 6.07) is 10.1. The number of halogens is 1. The van der Waals surface area contributed by atoms with Crippen LogP contribution >= 0.6 is 0 Å². The fourth-order valence-electron chi connectivity index (χ4n) is 1.79. The summed E-state index contributed by atoms with van der Waals surface area (Å²) in [5.41, 5.74) is 1.29. The van der Waals surface area contributed by atoms with E-state index in [1.54, 1.807) is 24.4 Å². The maximum absolute atomic E-state index is 13.9. The lowest BCUT2D eigenvalue weighted by molar-refractivity contribution is 0.298. The average Bonchev–Trinajstić information content (AvgIpc) is 2.53. The number of aromatic nitrogens is 1. The van der Waals surface area contributed by atoms with Crippen molar-refractivity contribution >= 4 is 0 Å². The van der Waals surface area contributed by atoms with Gasteiger partial charge in [0.1, 0.15) is 24.2 Å². The number of benzene rings is 1. The molecule has 0 aliphatic rings. The van der Waals surface area contributed by atoms with Gasteiger partial charge >= 0.3 is 0 Å². The zero-order chi connectivity index (χ0) is 15.1.